The van der Waals surface area contributed by atoms with Gasteiger partial charge in [-0.1, -0.05) is 12.1 Å². The number of rotatable bonds is 6. The molecular weight excluding hydrogens is 334 g/mol. The fourth-order valence-electron chi connectivity index (χ4n) is 3.12. The van der Waals surface area contributed by atoms with Crippen LogP contribution in [0.2, 0.25) is 0 Å². The number of carbonyl (C=O) groups excluding carboxylic acids is 1. The van der Waals surface area contributed by atoms with Crippen LogP contribution in [0.15, 0.2) is 36.5 Å². The summed E-state index contributed by atoms with van der Waals surface area (Å²) in [6.07, 6.45) is 1.92. The molecule has 26 heavy (non-hydrogen) atoms. The molecule has 2 aromatic rings. The summed E-state index contributed by atoms with van der Waals surface area (Å²) in [6.45, 7) is 4.02. The Balaban J connectivity index is 1.85. The smallest absolute Gasteiger partial charge is 0.226 e. The number of aromatic nitrogens is 2. The van der Waals surface area contributed by atoms with Gasteiger partial charge < -0.3 is 19.9 Å². The van der Waals surface area contributed by atoms with Crippen molar-refractivity contribution in [3.05, 3.63) is 42.2 Å². The van der Waals surface area contributed by atoms with E-state index >= 15 is 0 Å². The number of methoxy groups -OCH3 is 1. The van der Waals surface area contributed by atoms with Gasteiger partial charge in [-0.25, -0.2) is 4.68 Å². The molecule has 0 spiro atoms. The lowest BCUT2D eigenvalue weighted by Crippen LogP contribution is -2.41. The average Bonchev–Trinajstić information content (AvgIpc) is 3.27. The molecule has 3 rings (SSSR count). The molecule has 1 amide bonds. The lowest BCUT2D eigenvalue weighted by molar-refractivity contribution is -0.127. The maximum atomic E-state index is 12.6. The molecule has 0 bridgehead atoms. The number of para-hydroxylation sites is 2. The molecule has 2 N–H and O–H groups in total. The number of hydrogen-bond acceptors (Lipinski definition) is 5. The van der Waals surface area contributed by atoms with Crippen molar-refractivity contribution in [2.45, 2.75) is 32.0 Å². The highest BCUT2D eigenvalue weighted by Crippen LogP contribution is 2.36. The fourth-order valence-corrected chi connectivity index (χ4v) is 3.12. The molecule has 1 aliphatic heterocycles. The zero-order valence-electron chi connectivity index (χ0n) is 15.3. The maximum absolute atomic E-state index is 12.6. The molecule has 1 aromatic carbocycles. The third-order valence-electron chi connectivity index (χ3n) is 4.40. The van der Waals surface area contributed by atoms with Crippen molar-refractivity contribution >= 4 is 5.91 Å². The molecule has 1 fully saturated rings. The summed E-state index contributed by atoms with van der Waals surface area (Å²) in [5.41, 5.74) is 0.639. The van der Waals surface area contributed by atoms with Gasteiger partial charge in [0.05, 0.1) is 24.3 Å². The number of ether oxygens (including phenoxy) is 2. The van der Waals surface area contributed by atoms with Crippen LogP contribution < -0.4 is 10.1 Å². The highest BCUT2D eigenvalue weighted by atomic mass is 16.5. The molecule has 0 aliphatic carbocycles. The third kappa shape index (κ3) is 3.89. The van der Waals surface area contributed by atoms with E-state index < -0.39 is 11.7 Å². The van der Waals surface area contributed by atoms with Gasteiger partial charge in [0.25, 0.3) is 0 Å². The van der Waals surface area contributed by atoms with Crippen LogP contribution in [0.25, 0.3) is 5.69 Å². The van der Waals surface area contributed by atoms with Gasteiger partial charge in [-0.3, -0.25) is 4.79 Å². The Morgan fingerprint density at radius 2 is 2.19 bits per heavy atom. The van der Waals surface area contributed by atoms with E-state index in [0.717, 1.165) is 11.4 Å². The first-order valence-electron chi connectivity index (χ1n) is 8.70. The van der Waals surface area contributed by atoms with Gasteiger partial charge in [0, 0.05) is 19.3 Å². The van der Waals surface area contributed by atoms with Crippen LogP contribution in [-0.2, 0) is 9.53 Å². The number of hydrogen-bond donors (Lipinski definition) is 2. The summed E-state index contributed by atoms with van der Waals surface area (Å²) in [5, 5.41) is 17.1. The van der Waals surface area contributed by atoms with Crippen molar-refractivity contribution < 1.29 is 19.4 Å². The normalized spacial score (nSPS) is 20.2. The van der Waals surface area contributed by atoms with Crippen LogP contribution in [0.3, 0.4) is 0 Å². The molecule has 2 atom stereocenters. The largest absolute Gasteiger partial charge is 0.494 e. The first-order chi connectivity index (χ1) is 12.4. The molecule has 140 valence electrons. The summed E-state index contributed by atoms with van der Waals surface area (Å²) < 4.78 is 13.1. The summed E-state index contributed by atoms with van der Waals surface area (Å²) in [5.74, 6) is 0.239. The zero-order valence-corrected chi connectivity index (χ0v) is 15.3. The van der Waals surface area contributed by atoms with Crippen LogP contribution in [-0.4, -0.2) is 46.7 Å². The van der Waals surface area contributed by atoms with Crippen molar-refractivity contribution in [2.75, 3.05) is 20.3 Å². The molecule has 1 aromatic heterocycles. The van der Waals surface area contributed by atoms with E-state index in [2.05, 4.69) is 10.4 Å². The zero-order chi connectivity index (χ0) is 18.7. The van der Waals surface area contributed by atoms with Gasteiger partial charge in [-0.15, -0.1) is 0 Å². The van der Waals surface area contributed by atoms with Gasteiger partial charge in [0.1, 0.15) is 17.5 Å². The maximum Gasteiger partial charge on any atom is 0.226 e. The topological polar surface area (TPSA) is 85.6 Å². The molecule has 0 radical (unpaired) electrons. The second-order valence-electron chi connectivity index (χ2n) is 7.06. The second-order valence-corrected chi connectivity index (χ2v) is 7.06. The Morgan fingerprint density at radius 1 is 1.42 bits per heavy atom. The van der Waals surface area contributed by atoms with E-state index in [-0.39, 0.29) is 18.4 Å². The molecule has 7 nitrogen and oxygen atoms in total. The van der Waals surface area contributed by atoms with Gasteiger partial charge in [0.2, 0.25) is 5.91 Å². The Morgan fingerprint density at radius 3 is 2.92 bits per heavy atom. The second kappa shape index (κ2) is 7.47. The summed E-state index contributed by atoms with van der Waals surface area (Å²) in [7, 11) is 1.61. The Labute approximate surface area is 152 Å². The quantitative estimate of drug-likeness (QED) is 0.822. The molecule has 7 heteroatoms. The van der Waals surface area contributed by atoms with E-state index in [1.807, 2.05) is 30.3 Å². The lowest BCUT2D eigenvalue weighted by atomic mass is 9.97. The van der Waals surface area contributed by atoms with Crippen molar-refractivity contribution in [1.29, 1.82) is 0 Å². The number of carbonyl (C=O) groups is 1. The Bertz CT molecular complexity index is 766. The summed E-state index contributed by atoms with van der Waals surface area (Å²) >= 11 is 0. The molecule has 0 unspecified atom stereocenters. The summed E-state index contributed by atoms with van der Waals surface area (Å²) in [6, 6.07) is 9.44. The summed E-state index contributed by atoms with van der Waals surface area (Å²) in [4.78, 5) is 12.6. The van der Waals surface area contributed by atoms with Crippen LogP contribution in [0.1, 0.15) is 32.1 Å². The first-order valence-corrected chi connectivity index (χ1v) is 8.70. The predicted octanol–water partition coefficient (Wildman–Crippen LogP) is 1.85. The Hall–Kier alpha value is -2.38. The monoisotopic (exact) mass is 359 g/mol. The minimum absolute atomic E-state index is 0.123. The van der Waals surface area contributed by atoms with E-state index in [9.17, 15) is 9.90 Å². The SMILES string of the molecule is COc1ccccc1-n1nccc1[C@H]1OCC[C@@H]1C(=O)NCC(C)(C)O. The van der Waals surface area contributed by atoms with Gasteiger partial charge in [-0.05, 0) is 38.5 Å². The van der Waals surface area contributed by atoms with E-state index in [4.69, 9.17) is 9.47 Å². The minimum atomic E-state index is -0.955. The minimum Gasteiger partial charge on any atom is -0.494 e. The highest BCUT2D eigenvalue weighted by Gasteiger charge is 2.37. The molecular formula is C19H25N3O4. The van der Waals surface area contributed by atoms with E-state index in [0.29, 0.717) is 18.8 Å². The van der Waals surface area contributed by atoms with E-state index in [1.54, 1.807) is 31.8 Å². The van der Waals surface area contributed by atoms with Gasteiger partial charge in [-0.2, -0.15) is 5.10 Å². The number of benzene rings is 1. The number of aliphatic hydroxyl groups is 1. The first kappa shape index (κ1) is 18.4. The van der Waals surface area contributed by atoms with Crippen LogP contribution in [0.4, 0.5) is 0 Å². The van der Waals surface area contributed by atoms with Crippen LogP contribution in [0, 0.1) is 5.92 Å². The van der Waals surface area contributed by atoms with Crippen molar-refractivity contribution in [3.8, 4) is 11.4 Å². The molecule has 1 saturated heterocycles. The molecule has 2 heterocycles. The average molecular weight is 359 g/mol. The highest BCUT2D eigenvalue weighted by molar-refractivity contribution is 5.79. The molecule has 1 aliphatic rings. The lowest BCUT2D eigenvalue weighted by Gasteiger charge is -2.23. The van der Waals surface area contributed by atoms with Gasteiger partial charge in [0.15, 0.2) is 0 Å². The van der Waals surface area contributed by atoms with Crippen molar-refractivity contribution in [1.82, 2.24) is 15.1 Å². The van der Waals surface area contributed by atoms with Gasteiger partial charge >= 0.3 is 0 Å². The standard InChI is InChI=1S/C19H25N3O4/c1-19(2,24)12-20-18(23)13-9-11-26-17(13)15-8-10-21-22(15)14-6-4-5-7-16(14)25-3/h4-8,10,13,17,24H,9,11-12H2,1-3H3,(H,20,23)/t13-,17-/m0/s1. The number of nitrogens with one attached hydrogen (secondary N) is 1. The van der Waals surface area contributed by atoms with Crippen molar-refractivity contribution in [3.63, 3.8) is 0 Å². The molecule has 0 saturated carbocycles. The number of amides is 1. The third-order valence-corrected chi connectivity index (χ3v) is 4.40. The van der Waals surface area contributed by atoms with Crippen LogP contribution >= 0.6 is 0 Å². The van der Waals surface area contributed by atoms with Crippen LogP contribution in [0.5, 0.6) is 5.75 Å². The number of nitrogens with zero attached hydrogens (tertiary/aromatic N) is 2. The predicted molar refractivity (Wildman–Crippen MR) is 96.2 cm³/mol. The Kier molecular flexibility index (Phi) is 5.29. The van der Waals surface area contributed by atoms with Crippen molar-refractivity contribution in [2.24, 2.45) is 5.92 Å². The fraction of sp³-hybridized carbons (Fsp3) is 0.474. The van der Waals surface area contributed by atoms with E-state index in [1.165, 1.54) is 0 Å².